The van der Waals surface area contributed by atoms with E-state index in [1.54, 1.807) is 25.1 Å². The summed E-state index contributed by atoms with van der Waals surface area (Å²) in [5, 5.41) is 28.7. The van der Waals surface area contributed by atoms with Crippen molar-refractivity contribution in [1.29, 1.82) is 0 Å². The summed E-state index contributed by atoms with van der Waals surface area (Å²) in [5.41, 5.74) is 0. The van der Waals surface area contributed by atoms with Gasteiger partial charge in [0.2, 0.25) is 6.79 Å². The highest BCUT2D eigenvalue weighted by atomic mass is 16.7. The summed E-state index contributed by atoms with van der Waals surface area (Å²) in [7, 11) is 0. The Morgan fingerprint density at radius 2 is 1.97 bits per heavy atom. The number of fused-ring (bicyclic) bond motifs is 1. The second-order valence-corrected chi connectivity index (χ2v) is 7.40. The number of benzene rings is 1. The number of carbonyl (C=O) groups is 1. The first kappa shape index (κ1) is 23.0. The number of aliphatic carboxylic acids is 1. The Hall–Kier alpha value is -2.25. The highest BCUT2D eigenvalue weighted by Crippen LogP contribution is 2.35. The first-order valence-corrected chi connectivity index (χ1v) is 10.2. The van der Waals surface area contributed by atoms with Crippen molar-refractivity contribution in [2.24, 2.45) is 5.92 Å². The topological polar surface area (TPSA) is 105 Å². The molecule has 0 fully saturated rings. The largest absolute Gasteiger partial charge is 0.491 e. The van der Waals surface area contributed by atoms with Gasteiger partial charge in [0.05, 0.1) is 12.2 Å². The number of carboxylic acids is 1. The molecule has 29 heavy (non-hydrogen) atoms. The number of unbranched alkanes of at least 4 members (excludes halogenated alkanes) is 1. The molecule has 1 aromatic rings. The summed E-state index contributed by atoms with van der Waals surface area (Å²) in [6, 6.07) is 5.32. The number of hydrogen-bond donors (Lipinski definition) is 3. The maximum atomic E-state index is 10.5. The number of aliphatic hydroxyl groups excluding tert-OH is 2. The van der Waals surface area contributed by atoms with Crippen LogP contribution >= 0.6 is 0 Å². The van der Waals surface area contributed by atoms with Gasteiger partial charge in [-0.2, -0.15) is 0 Å². The van der Waals surface area contributed by atoms with E-state index in [2.05, 4.69) is 0 Å². The van der Waals surface area contributed by atoms with Crippen LogP contribution in [0.25, 0.3) is 0 Å². The third-order valence-corrected chi connectivity index (χ3v) is 4.95. The zero-order chi connectivity index (χ0) is 21.1. The molecular formula is C22H32O7. The molecule has 0 aromatic heterocycles. The van der Waals surface area contributed by atoms with E-state index in [0.29, 0.717) is 30.1 Å². The molecule has 3 N–H and O–H groups in total. The van der Waals surface area contributed by atoms with Crippen LogP contribution in [0.5, 0.6) is 17.2 Å². The third kappa shape index (κ3) is 8.75. The minimum atomic E-state index is -0.777. The maximum Gasteiger partial charge on any atom is 0.303 e. The van der Waals surface area contributed by atoms with Crippen LogP contribution in [0.3, 0.4) is 0 Å². The van der Waals surface area contributed by atoms with Crippen molar-refractivity contribution in [3.63, 3.8) is 0 Å². The normalized spacial score (nSPS) is 16.0. The molecule has 0 saturated carbocycles. The van der Waals surface area contributed by atoms with E-state index < -0.39 is 18.2 Å². The fraction of sp³-hybridized carbons (Fsp3) is 0.591. The minimum absolute atomic E-state index is 0.118. The third-order valence-electron chi connectivity index (χ3n) is 4.95. The first-order valence-electron chi connectivity index (χ1n) is 10.2. The van der Waals surface area contributed by atoms with Gasteiger partial charge in [-0.3, -0.25) is 4.79 Å². The van der Waals surface area contributed by atoms with Crippen LogP contribution in [0, 0.1) is 5.92 Å². The van der Waals surface area contributed by atoms with E-state index >= 15 is 0 Å². The second-order valence-electron chi connectivity index (χ2n) is 7.40. The van der Waals surface area contributed by atoms with Gasteiger partial charge in [0, 0.05) is 12.5 Å². The fourth-order valence-corrected chi connectivity index (χ4v) is 3.17. The Balaban J connectivity index is 1.62. The molecule has 0 saturated heterocycles. The van der Waals surface area contributed by atoms with Gasteiger partial charge in [0.15, 0.2) is 11.5 Å². The lowest BCUT2D eigenvalue weighted by atomic mass is 9.92. The van der Waals surface area contributed by atoms with Crippen molar-refractivity contribution in [3.8, 4) is 17.2 Å². The molecule has 7 nitrogen and oxygen atoms in total. The van der Waals surface area contributed by atoms with Crippen LogP contribution in [-0.4, -0.2) is 46.9 Å². The van der Waals surface area contributed by atoms with Crippen molar-refractivity contribution in [2.75, 3.05) is 13.4 Å². The number of carboxylic acid groups (broad SMARTS) is 1. The SMILES string of the molecule is CC(O)C(C/C=C\CCCC(=O)O)CCCC(O)COc1ccc2c(c1)OCO2. The lowest BCUT2D eigenvalue weighted by Gasteiger charge is -2.19. The first-order chi connectivity index (χ1) is 14.0. The van der Waals surface area contributed by atoms with Crippen molar-refractivity contribution < 1.29 is 34.3 Å². The molecule has 162 valence electrons. The molecule has 1 aromatic carbocycles. The van der Waals surface area contributed by atoms with Gasteiger partial charge in [0.1, 0.15) is 12.4 Å². The standard InChI is InChI=1S/C22H32O7/c1-16(23)17(7-4-2-3-5-10-22(25)26)8-6-9-18(24)14-27-19-11-12-20-21(13-19)29-15-28-20/h2,4,11-13,16-18,23-24H,3,5-10,14-15H2,1H3,(H,25,26)/b4-2-. The average Bonchev–Trinajstić information content (AvgIpc) is 3.15. The molecule has 1 aliphatic rings. The molecule has 3 unspecified atom stereocenters. The van der Waals surface area contributed by atoms with Gasteiger partial charge in [0.25, 0.3) is 0 Å². The smallest absolute Gasteiger partial charge is 0.303 e. The van der Waals surface area contributed by atoms with E-state index in [-0.39, 0.29) is 25.7 Å². The van der Waals surface area contributed by atoms with E-state index in [0.717, 1.165) is 25.7 Å². The Bertz CT molecular complexity index is 657. The van der Waals surface area contributed by atoms with E-state index in [1.165, 1.54) is 0 Å². The lowest BCUT2D eigenvalue weighted by Crippen LogP contribution is -2.20. The summed E-state index contributed by atoms with van der Waals surface area (Å²) < 4.78 is 16.2. The Morgan fingerprint density at radius 1 is 1.17 bits per heavy atom. The van der Waals surface area contributed by atoms with Crippen LogP contribution in [-0.2, 0) is 4.79 Å². The van der Waals surface area contributed by atoms with Gasteiger partial charge in [-0.15, -0.1) is 0 Å². The number of ether oxygens (including phenoxy) is 3. The predicted molar refractivity (Wildman–Crippen MR) is 108 cm³/mol. The highest BCUT2D eigenvalue weighted by Gasteiger charge is 2.16. The summed E-state index contributed by atoms with van der Waals surface area (Å²) >= 11 is 0. The van der Waals surface area contributed by atoms with Crippen LogP contribution in [0.2, 0.25) is 0 Å². The summed E-state index contributed by atoms with van der Waals surface area (Å²) in [6.07, 6.45) is 7.44. The van der Waals surface area contributed by atoms with Crippen molar-refractivity contribution in [2.45, 2.75) is 64.1 Å². The Labute approximate surface area is 171 Å². The Kier molecular flexibility index (Phi) is 9.80. The number of aliphatic hydroxyl groups is 2. The van der Waals surface area contributed by atoms with E-state index in [9.17, 15) is 15.0 Å². The van der Waals surface area contributed by atoms with Gasteiger partial charge in [-0.05, 0) is 57.1 Å². The molecule has 2 rings (SSSR count). The number of hydrogen-bond acceptors (Lipinski definition) is 6. The summed E-state index contributed by atoms with van der Waals surface area (Å²) in [4.78, 5) is 10.5. The average molecular weight is 408 g/mol. The van der Waals surface area contributed by atoms with Crippen molar-refractivity contribution in [3.05, 3.63) is 30.4 Å². The molecule has 0 aliphatic carbocycles. The predicted octanol–water partition coefficient (Wildman–Crippen LogP) is 3.52. The monoisotopic (exact) mass is 408 g/mol. The lowest BCUT2D eigenvalue weighted by molar-refractivity contribution is -0.137. The zero-order valence-corrected chi connectivity index (χ0v) is 17.0. The van der Waals surface area contributed by atoms with Gasteiger partial charge < -0.3 is 29.5 Å². The zero-order valence-electron chi connectivity index (χ0n) is 17.0. The fourth-order valence-electron chi connectivity index (χ4n) is 3.17. The molecule has 1 heterocycles. The van der Waals surface area contributed by atoms with Crippen molar-refractivity contribution >= 4 is 5.97 Å². The second kappa shape index (κ2) is 12.3. The quantitative estimate of drug-likeness (QED) is 0.319. The van der Waals surface area contributed by atoms with Crippen LogP contribution in [0.1, 0.15) is 51.9 Å². The highest BCUT2D eigenvalue weighted by molar-refractivity contribution is 5.66. The Morgan fingerprint density at radius 3 is 2.72 bits per heavy atom. The summed E-state index contributed by atoms with van der Waals surface area (Å²) in [5.74, 6) is 1.31. The molecule has 0 amide bonds. The maximum absolute atomic E-state index is 10.5. The molecule has 0 radical (unpaired) electrons. The molecule has 1 aliphatic heterocycles. The number of rotatable bonds is 14. The van der Waals surface area contributed by atoms with Crippen LogP contribution < -0.4 is 14.2 Å². The van der Waals surface area contributed by atoms with Gasteiger partial charge >= 0.3 is 5.97 Å². The molecule has 7 heteroatoms. The van der Waals surface area contributed by atoms with Gasteiger partial charge in [-0.25, -0.2) is 0 Å². The summed E-state index contributed by atoms with van der Waals surface area (Å²) in [6.45, 7) is 2.19. The van der Waals surface area contributed by atoms with E-state index in [4.69, 9.17) is 19.3 Å². The van der Waals surface area contributed by atoms with Crippen LogP contribution in [0.4, 0.5) is 0 Å². The molecule has 0 spiro atoms. The number of allylic oxidation sites excluding steroid dienone is 2. The molecule has 0 bridgehead atoms. The van der Waals surface area contributed by atoms with Gasteiger partial charge in [-0.1, -0.05) is 18.6 Å². The minimum Gasteiger partial charge on any atom is -0.491 e. The molecular weight excluding hydrogens is 376 g/mol. The van der Waals surface area contributed by atoms with E-state index in [1.807, 2.05) is 12.2 Å². The van der Waals surface area contributed by atoms with Crippen LogP contribution in [0.15, 0.2) is 30.4 Å². The van der Waals surface area contributed by atoms with Crippen molar-refractivity contribution in [1.82, 2.24) is 0 Å². The molecule has 3 atom stereocenters.